The third-order valence-corrected chi connectivity index (χ3v) is 4.34. The second kappa shape index (κ2) is 7.54. The lowest BCUT2D eigenvalue weighted by atomic mass is 9.98. The van der Waals surface area contributed by atoms with E-state index in [-0.39, 0.29) is 0 Å². The summed E-state index contributed by atoms with van der Waals surface area (Å²) >= 11 is 0. The maximum Gasteiger partial charge on any atom is 0.336 e. The summed E-state index contributed by atoms with van der Waals surface area (Å²) in [4.78, 5) is 16.3. The second-order valence-electron chi connectivity index (χ2n) is 6.35. The van der Waals surface area contributed by atoms with Gasteiger partial charge in [-0.3, -0.25) is 0 Å². The highest BCUT2D eigenvalue weighted by molar-refractivity contribution is 6.05. The maximum absolute atomic E-state index is 11.7. The van der Waals surface area contributed by atoms with E-state index < -0.39 is 5.97 Å². The van der Waals surface area contributed by atoms with Crippen molar-refractivity contribution in [3.63, 3.8) is 0 Å². The third-order valence-electron chi connectivity index (χ3n) is 4.34. The Kier molecular flexibility index (Phi) is 5.19. The van der Waals surface area contributed by atoms with Gasteiger partial charge in [0.15, 0.2) is 0 Å². The molecule has 134 valence electrons. The molecule has 2 aromatic carbocycles. The van der Waals surface area contributed by atoms with Crippen molar-refractivity contribution in [1.29, 1.82) is 0 Å². The average molecular weight is 350 g/mol. The van der Waals surface area contributed by atoms with Gasteiger partial charge in [0, 0.05) is 17.0 Å². The van der Waals surface area contributed by atoms with Crippen molar-refractivity contribution in [2.24, 2.45) is 5.73 Å². The number of benzene rings is 2. The molecule has 0 amide bonds. The molecule has 5 heteroatoms. The molecule has 0 saturated heterocycles. The molecule has 5 nitrogen and oxygen atoms in total. The smallest absolute Gasteiger partial charge is 0.336 e. The van der Waals surface area contributed by atoms with Gasteiger partial charge in [-0.2, -0.15) is 0 Å². The minimum Gasteiger partial charge on any atom is -0.497 e. The van der Waals surface area contributed by atoms with Gasteiger partial charge >= 0.3 is 5.97 Å². The fraction of sp³-hybridized carbons (Fsp3) is 0.238. The summed E-state index contributed by atoms with van der Waals surface area (Å²) in [5.41, 5.74) is 8.41. The minimum atomic E-state index is -0.939. The third kappa shape index (κ3) is 3.83. The molecule has 0 bridgehead atoms. The first kappa shape index (κ1) is 17.9. The van der Waals surface area contributed by atoms with Crippen LogP contribution in [0.15, 0.2) is 48.5 Å². The molecule has 0 aliphatic heterocycles. The van der Waals surface area contributed by atoms with Crippen LogP contribution in [0.2, 0.25) is 0 Å². The molecular formula is C21H22N2O3. The van der Waals surface area contributed by atoms with Crippen molar-refractivity contribution in [1.82, 2.24) is 4.98 Å². The fourth-order valence-corrected chi connectivity index (χ4v) is 2.71. The summed E-state index contributed by atoms with van der Waals surface area (Å²) in [7, 11) is 1.61. The van der Waals surface area contributed by atoms with Crippen LogP contribution in [0.5, 0.6) is 5.75 Å². The zero-order valence-electron chi connectivity index (χ0n) is 14.9. The highest BCUT2D eigenvalue weighted by Gasteiger charge is 2.18. The molecular weight excluding hydrogens is 328 g/mol. The number of pyridine rings is 1. The van der Waals surface area contributed by atoms with E-state index in [1.54, 1.807) is 20.1 Å². The first-order chi connectivity index (χ1) is 12.5. The first-order valence-corrected chi connectivity index (χ1v) is 8.54. The van der Waals surface area contributed by atoms with Crippen LogP contribution < -0.4 is 10.5 Å². The van der Waals surface area contributed by atoms with Crippen LogP contribution in [0.3, 0.4) is 0 Å². The lowest BCUT2D eigenvalue weighted by Gasteiger charge is -2.12. The summed E-state index contributed by atoms with van der Waals surface area (Å²) in [6.07, 6.45) is 2.53. The molecule has 4 rings (SSSR count). The minimum absolute atomic E-state index is 0.302. The number of rotatable bonds is 3. The Morgan fingerprint density at radius 2 is 1.77 bits per heavy atom. The number of nitrogens with two attached hydrogens (primary N) is 1. The van der Waals surface area contributed by atoms with Crippen LogP contribution >= 0.6 is 0 Å². The number of aromatic carboxylic acids is 1. The van der Waals surface area contributed by atoms with Crippen molar-refractivity contribution >= 4 is 16.9 Å². The van der Waals surface area contributed by atoms with Gasteiger partial charge in [-0.15, -0.1) is 0 Å². The summed E-state index contributed by atoms with van der Waals surface area (Å²) < 4.78 is 5.15. The van der Waals surface area contributed by atoms with Crippen LogP contribution in [-0.2, 0) is 0 Å². The van der Waals surface area contributed by atoms with Gasteiger partial charge in [0.25, 0.3) is 0 Å². The van der Waals surface area contributed by atoms with Crippen molar-refractivity contribution in [2.75, 3.05) is 7.11 Å². The van der Waals surface area contributed by atoms with E-state index in [1.165, 1.54) is 12.8 Å². The van der Waals surface area contributed by atoms with Gasteiger partial charge in [-0.05, 0) is 55.7 Å². The summed E-state index contributed by atoms with van der Waals surface area (Å²) in [6.45, 7) is 1.79. The molecule has 0 radical (unpaired) electrons. The molecule has 0 spiro atoms. The van der Waals surface area contributed by atoms with Crippen LogP contribution in [0, 0.1) is 6.92 Å². The number of para-hydroxylation sites is 1. The Morgan fingerprint density at radius 3 is 2.31 bits per heavy atom. The lowest BCUT2D eigenvalue weighted by molar-refractivity contribution is 0.0698. The Bertz CT molecular complexity index is 932. The number of hydrogen-bond acceptors (Lipinski definition) is 4. The summed E-state index contributed by atoms with van der Waals surface area (Å²) in [5.74, 6) is -0.188. The van der Waals surface area contributed by atoms with Gasteiger partial charge < -0.3 is 15.6 Å². The second-order valence-corrected chi connectivity index (χ2v) is 6.35. The standard InChI is InChI=1S/C18H15NO3.C3H7N/c1-11-16(18(20)21)14-5-3-4-6-15(14)19-17(11)12-7-9-13(22-2)10-8-12;4-3-1-2-3/h3-10H,1-2H3,(H,20,21);3H,1-2,4H2. The molecule has 3 aromatic rings. The van der Waals surface area contributed by atoms with E-state index in [4.69, 9.17) is 10.5 Å². The Balaban J connectivity index is 0.000000433. The molecule has 26 heavy (non-hydrogen) atoms. The van der Waals surface area contributed by atoms with Gasteiger partial charge in [-0.1, -0.05) is 18.2 Å². The normalized spacial score (nSPS) is 13.0. The van der Waals surface area contributed by atoms with Crippen LogP contribution in [-0.4, -0.2) is 29.2 Å². The zero-order chi connectivity index (χ0) is 18.7. The number of hydrogen-bond donors (Lipinski definition) is 2. The topological polar surface area (TPSA) is 85.4 Å². The predicted octanol–water partition coefficient (Wildman–Crippen LogP) is 4.02. The van der Waals surface area contributed by atoms with E-state index >= 15 is 0 Å². The fourth-order valence-electron chi connectivity index (χ4n) is 2.71. The molecule has 1 fully saturated rings. The van der Waals surface area contributed by atoms with Crippen molar-refractivity contribution in [2.45, 2.75) is 25.8 Å². The molecule has 1 heterocycles. The van der Waals surface area contributed by atoms with Crippen molar-refractivity contribution in [3.8, 4) is 17.0 Å². The SMILES string of the molecule is COc1ccc(-c2nc3ccccc3c(C(=O)O)c2C)cc1.NC1CC1. The summed E-state index contributed by atoms with van der Waals surface area (Å²) in [5, 5.41) is 10.2. The molecule has 0 unspecified atom stereocenters. The van der Waals surface area contributed by atoms with Crippen LogP contribution in [0.1, 0.15) is 28.8 Å². The maximum atomic E-state index is 11.7. The first-order valence-electron chi connectivity index (χ1n) is 8.54. The lowest BCUT2D eigenvalue weighted by Crippen LogP contribution is -2.04. The number of methoxy groups -OCH3 is 1. The Morgan fingerprint density at radius 1 is 1.15 bits per heavy atom. The van der Waals surface area contributed by atoms with E-state index in [1.807, 2.05) is 42.5 Å². The van der Waals surface area contributed by atoms with E-state index in [2.05, 4.69) is 4.98 Å². The number of aromatic nitrogens is 1. The zero-order valence-corrected chi connectivity index (χ0v) is 14.9. The molecule has 1 saturated carbocycles. The van der Waals surface area contributed by atoms with Gasteiger partial charge in [0.1, 0.15) is 5.75 Å². The van der Waals surface area contributed by atoms with Crippen LogP contribution in [0.4, 0.5) is 0 Å². The van der Waals surface area contributed by atoms with E-state index in [9.17, 15) is 9.90 Å². The number of ether oxygens (including phenoxy) is 1. The van der Waals surface area contributed by atoms with Gasteiger partial charge in [-0.25, -0.2) is 9.78 Å². The number of carboxylic acid groups (broad SMARTS) is 1. The largest absolute Gasteiger partial charge is 0.497 e. The van der Waals surface area contributed by atoms with Gasteiger partial charge in [0.2, 0.25) is 0 Å². The van der Waals surface area contributed by atoms with E-state index in [0.717, 1.165) is 11.3 Å². The molecule has 1 aliphatic rings. The molecule has 0 atom stereocenters. The highest BCUT2D eigenvalue weighted by atomic mass is 16.5. The number of nitrogens with zero attached hydrogens (tertiary/aromatic N) is 1. The number of carbonyl (C=O) groups is 1. The Labute approximate surface area is 152 Å². The molecule has 1 aromatic heterocycles. The number of carboxylic acids is 1. The Hall–Kier alpha value is -2.92. The average Bonchev–Trinajstić information content (AvgIpc) is 3.43. The highest BCUT2D eigenvalue weighted by Crippen LogP contribution is 2.30. The van der Waals surface area contributed by atoms with Crippen LogP contribution in [0.25, 0.3) is 22.2 Å². The van der Waals surface area contributed by atoms with Crippen molar-refractivity contribution in [3.05, 3.63) is 59.7 Å². The predicted molar refractivity (Wildman–Crippen MR) is 103 cm³/mol. The molecule has 1 aliphatic carbocycles. The monoisotopic (exact) mass is 350 g/mol. The number of fused-ring (bicyclic) bond motifs is 1. The summed E-state index contributed by atoms with van der Waals surface area (Å²) in [6, 6.07) is 15.3. The van der Waals surface area contributed by atoms with Gasteiger partial charge in [0.05, 0.1) is 23.9 Å². The molecule has 3 N–H and O–H groups in total. The van der Waals surface area contributed by atoms with Crippen molar-refractivity contribution < 1.29 is 14.6 Å². The quantitative estimate of drug-likeness (QED) is 0.745. The van der Waals surface area contributed by atoms with E-state index in [0.29, 0.717) is 33.8 Å².